The Morgan fingerprint density at radius 2 is 1.84 bits per heavy atom. The van der Waals surface area contributed by atoms with Crippen molar-refractivity contribution in [2.45, 2.75) is 19.4 Å². The molecule has 0 aliphatic heterocycles. The summed E-state index contributed by atoms with van der Waals surface area (Å²) in [6.45, 7) is 4.14. The highest BCUT2D eigenvalue weighted by Gasteiger charge is 2.14. The largest absolute Gasteiger partial charge is 0.493 e. The van der Waals surface area contributed by atoms with Crippen LogP contribution in [0.4, 0.5) is 0 Å². The maximum Gasteiger partial charge on any atom is 0.161 e. The van der Waals surface area contributed by atoms with E-state index >= 15 is 0 Å². The van der Waals surface area contributed by atoms with Gasteiger partial charge < -0.3 is 19.7 Å². The average molecular weight is 266 g/mol. The van der Waals surface area contributed by atoms with Gasteiger partial charge in [0.15, 0.2) is 11.5 Å². The minimum Gasteiger partial charge on any atom is -0.493 e. The molecule has 0 radical (unpaired) electrons. The summed E-state index contributed by atoms with van der Waals surface area (Å²) in [5, 5.41) is 3.57. The molecule has 0 spiro atoms. The zero-order valence-electron chi connectivity index (χ0n) is 12.7. The first-order valence-electron chi connectivity index (χ1n) is 6.72. The molecule has 0 aliphatic carbocycles. The Morgan fingerprint density at radius 3 is 2.37 bits per heavy atom. The van der Waals surface area contributed by atoms with Crippen LogP contribution in [0.25, 0.3) is 0 Å². The molecule has 0 fully saturated rings. The van der Waals surface area contributed by atoms with Crippen LogP contribution in [0, 0.1) is 0 Å². The second-order valence-electron chi connectivity index (χ2n) is 4.88. The van der Waals surface area contributed by atoms with E-state index in [4.69, 9.17) is 9.47 Å². The normalized spacial score (nSPS) is 12.5. The lowest BCUT2D eigenvalue weighted by atomic mass is 10.1. The Balaban J connectivity index is 2.93. The van der Waals surface area contributed by atoms with Gasteiger partial charge in [-0.05, 0) is 44.8 Å². The van der Waals surface area contributed by atoms with Crippen LogP contribution in [0.1, 0.15) is 24.9 Å². The van der Waals surface area contributed by atoms with Crippen LogP contribution >= 0.6 is 0 Å². The van der Waals surface area contributed by atoms with Crippen LogP contribution in [0.15, 0.2) is 18.2 Å². The Morgan fingerprint density at radius 1 is 1.16 bits per heavy atom. The topological polar surface area (TPSA) is 33.7 Å². The first kappa shape index (κ1) is 15.8. The van der Waals surface area contributed by atoms with Crippen molar-refractivity contribution in [3.63, 3.8) is 0 Å². The lowest BCUT2D eigenvalue weighted by Crippen LogP contribution is -2.31. The highest BCUT2D eigenvalue weighted by Crippen LogP contribution is 2.30. The van der Waals surface area contributed by atoms with Gasteiger partial charge in [0.25, 0.3) is 0 Å². The molecule has 1 rings (SSSR count). The summed E-state index contributed by atoms with van der Waals surface area (Å²) >= 11 is 0. The second-order valence-corrected chi connectivity index (χ2v) is 4.88. The molecule has 1 aromatic rings. The maximum atomic E-state index is 5.37. The average Bonchev–Trinajstić information content (AvgIpc) is 2.42. The fourth-order valence-electron chi connectivity index (χ4n) is 2.04. The number of hydrogen-bond acceptors (Lipinski definition) is 4. The van der Waals surface area contributed by atoms with Gasteiger partial charge in [0.1, 0.15) is 0 Å². The van der Waals surface area contributed by atoms with Crippen LogP contribution in [-0.4, -0.2) is 46.3 Å². The Bertz CT molecular complexity index is 380. The fourth-order valence-corrected chi connectivity index (χ4v) is 2.04. The molecule has 19 heavy (non-hydrogen) atoms. The lowest BCUT2D eigenvalue weighted by Gasteiger charge is -2.23. The SMILES string of the molecule is CCCNC(CN(C)C)c1ccc(OC)c(OC)c1. The summed E-state index contributed by atoms with van der Waals surface area (Å²) in [6, 6.07) is 6.41. The van der Waals surface area contributed by atoms with Crippen molar-refractivity contribution in [1.29, 1.82) is 0 Å². The third kappa shape index (κ3) is 4.73. The van der Waals surface area contributed by atoms with Gasteiger partial charge in [0, 0.05) is 12.6 Å². The summed E-state index contributed by atoms with van der Waals surface area (Å²) in [6.07, 6.45) is 1.12. The molecule has 0 aromatic heterocycles. The number of hydrogen-bond donors (Lipinski definition) is 1. The smallest absolute Gasteiger partial charge is 0.161 e. The van der Waals surface area contributed by atoms with E-state index in [0.717, 1.165) is 31.0 Å². The van der Waals surface area contributed by atoms with Crippen molar-refractivity contribution in [2.75, 3.05) is 41.4 Å². The van der Waals surface area contributed by atoms with Crippen LogP contribution < -0.4 is 14.8 Å². The zero-order valence-corrected chi connectivity index (χ0v) is 12.7. The molecular formula is C15H26N2O2. The summed E-state index contributed by atoms with van der Waals surface area (Å²) < 4.78 is 10.6. The number of rotatable bonds is 8. The van der Waals surface area contributed by atoms with Crippen molar-refractivity contribution in [1.82, 2.24) is 10.2 Å². The number of ether oxygens (including phenoxy) is 2. The number of benzene rings is 1. The van der Waals surface area contributed by atoms with Crippen LogP contribution in [0.3, 0.4) is 0 Å². The van der Waals surface area contributed by atoms with E-state index < -0.39 is 0 Å². The molecule has 0 amide bonds. The maximum absolute atomic E-state index is 5.37. The Labute approximate surface area is 116 Å². The van der Waals surface area contributed by atoms with Gasteiger partial charge in [-0.1, -0.05) is 13.0 Å². The van der Waals surface area contributed by atoms with Gasteiger partial charge in [-0.3, -0.25) is 0 Å². The number of likely N-dealkylation sites (N-methyl/N-ethyl adjacent to an activating group) is 1. The summed E-state index contributed by atoms with van der Waals surface area (Å²) in [5.74, 6) is 1.55. The molecule has 4 nitrogen and oxygen atoms in total. The van der Waals surface area contributed by atoms with E-state index in [2.05, 4.69) is 43.4 Å². The molecule has 1 aromatic carbocycles. The third-order valence-corrected chi connectivity index (χ3v) is 3.00. The van der Waals surface area contributed by atoms with E-state index in [0.29, 0.717) is 6.04 Å². The molecule has 108 valence electrons. The van der Waals surface area contributed by atoms with Crippen molar-refractivity contribution in [3.8, 4) is 11.5 Å². The second kappa shape index (κ2) is 8.02. The molecule has 1 unspecified atom stereocenters. The van der Waals surface area contributed by atoms with Gasteiger partial charge in [-0.2, -0.15) is 0 Å². The van der Waals surface area contributed by atoms with Gasteiger partial charge in [0.2, 0.25) is 0 Å². The summed E-state index contributed by atoms with van der Waals surface area (Å²) in [7, 11) is 7.50. The molecule has 0 bridgehead atoms. The van der Waals surface area contributed by atoms with Crippen LogP contribution in [0.5, 0.6) is 11.5 Å². The standard InChI is InChI=1S/C15H26N2O2/c1-6-9-16-13(11-17(2)3)12-7-8-14(18-4)15(10-12)19-5/h7-8,10,13,16H,6,9,11H2,1-5H3. The van der Waals surface area contributed by atoms with Gasteiger partial charge in [-0.15, -0.1) is 0 Å². The molecular weight excluding hydrogens is 240 g/mol. The predicted molar refractivity (Wildman–Crippen MR) is 79.1 cm³/mol. The van der Waals surface area contributed by atoms with Crippen LogP contribution in [0.2, 0.25) is 0 Å². The highest BCUT2D eigenvalue weighted by molar-refractivity contribution is 5.43. The molecule has 0 aliphatic rings. The minimum absolute atomic E-state index is 0.301. The molecule has 1 atom stereocenters. The van der Waals surface area contributed by atoms with Crippen molar-refractivity contribution in [3.05, 3.63) is 23.8 Å². The monoisotopic (exact) mass is 266 g/mol. The number of nitrogens with zero attached hydrogens (tertiary/aromatic N) is 1. The molecule has 0 heterocycles. The minimum atomic E-state index is 0.301. The van der Waals surface area contributed by atoms with E-state index in [1.807, 2.05) is 6.07 Å². The number of nitrogens with one attached hydrogen (secondary N) is 1. The Kier molecular flexibility index (Phi) is 6.67. The van der Waals surface area contributed by atoms with Gasteiger partial charge in [0.05, 0.1) is 14.2 Å². The van der Waals surface area contributed by atoms with Crippen molar-refractivity contribution in [2.24, 2.45) is 0 Å². The summed E-state index contributed by atoms with van der Waals surface area (Å²) in [5.41, 5.74) is 1.22. The van der Waals surface area contributed by atoms with E-state index in [9.17, 15) is 0 Å². The molecule has 1 N–H and O–H groups in total. The Hall–Kier alpha value is -1.26. The first-order chi connectivity index (χ1) is 9.12. The quantitative estimate of drug-likeness (QED) is 0.783. The number of methoxy groups -OCH3 is 2. The van der Waals surface area contributed by atoms with Crippen molar-refractivity contribution >= 4 is 0 Å². The first-order valence-corrected chi connectivity index (χ1v) is 6.72. The molecule has 0 saturated heterocycles. The van der Waals surface area contributed by atoms with E-state index in [-0.39, 0.29) is 0 Å². The third-order valence-electron chi connectivity index (χ3n) is 3.00. The summed E-state index contributed by atoms with van der Waals surface area (Å²) in [4.78, 5) is 2.18. The predicted octanol–water partition coefficient (Wildman–Crippen LogP) is 2.31. The fraction of sp³-hybridized carbons (Fsp3) is 0.600. The lowest BCUT2D eigenvalue weighted by molar-refractivity contribution is 0.336. The van der Waals surface area contributed by atoms with Crippen molar-refractivity contribution < 1.29 is 9.47 Å². The van der Waals surface area contributed by atoms with Gasteiger partial charge in [-0.25, -0.2) is 0 Å². The van der Waals surface area contributed by atoms with E-state index in [1.54, 1.807) is 14.2 Å². The van der Waals surface area contributed by atoms with Crippen LogP contribution in [-0.2, 0) is 0 Å². The molecule has 4 heteroatoms. The molecule has 0 saturated carbocycles. The van der Waals surface area contributed by atoms with Gasteiger partial charge >= 0.3 is 0 Å². The zero-order chi connectivity index (χ0) is 14.3. The highest BCUT2D eigenvalue weighted by atomic mass is 16.5. The van der Waals surface area contributed by atoms with E-state index in [1.165, 1.54) is 5.56 Å².